The van der Waals surface area contributed by atoms with Crippen LogP contribution in [0.1, 0.15) is 69.2 Å². The number of likely N-dealkylation sites (tertiary alicyclic amines) is 1. The van der Waals surface area contributed by atoms with Gasteiger partial charge < -0.3 is 15.5 Å². The van der Waals surface area contributed by atoms with Gasteiger partial charge in [-0.25, -0.2) is 0 Å². The third-order valence-electron chi connectivity index (χ3n) is 6.23. The monoisotopic (exact) mass is 413 g/mol. The third-order valence-corrected chi connectivity index (χ3v) is 6.23. The zero-order chi connectivity index (χ0) is 21.5. The van der Waals surface area contributed by atoms with Crippen LogP contribution in [0.2, 0.25) is 0 Å². The summed E-state index contributed by atoms with van der Waals surface area (Å²) in [7, 11) is 0. The van der Waals surface area contributed by atoms with Gasteiger partial charge in [0.05, 0.1) is 5.92 Å². The molecule has 3 unspecified atom stereocenters. The van der Waals surface area contributed by atoms with Gasteiger partial charge in [0.15, 0.2) is 0 Å². The Kier molecular flexibility index (Phi) is 7.88. The quantitative estimate of drug-likeness (QED) is 0.604. The van der Waals surface area contributed by atoms with Crippen molar-refractivity contribution < 1.29 is 14.4 Å². The van der Waals surface area contributed by atoms with Crippen LogP contribution in [0.4, 0.5) is 5.69 Å². The molecule has 3 atom stereocenters. The number of hydrogen-bond donors (Lipinski definition) is 2. The standard InChI is InChI=1S/C24H35N3O3/c1-3-4-5-6-12-25-22(28)19-10-8-13-27(16-19)24(30)18-9-7-11-20(15-18)26-23(29)21-14-17(21)2/h7,9,11,15,17,19,21H,3-6,8,10,12-14,16H2,1-2H3,(H,25,28)(H,26,29). The molecule has 1 aliphatic carbocycles. The van der Waals surface area contributed by atoms with Crippen LogP contribution >= 0.6 is 0 Å². The summed E-state index contributed by atoms with van der Waals surface area (Å²) in [5.41, 5.74) is 1.21. The molecule has 0 radical (unpaired) electrons. The Labute approximate surface area is 179 Å². The van der Waals surface area contributed by atoms with E-state index in [0.717, 1.165) is 32.1 Å². The number of piperidine rings is 1. The number of rotatable bonds is 9. The van der Waals surface area contributed by atoms with Crippen LogP contribution in [-0.4, -0.2) is 42.3 Å². The van der Waals surface area contributed by atoms with Gasteiger partial charge in [0.2, 0.25) is 11.8 Å². The van der Waals surface area contributed by atoms with E-state index >= 15 is 0 Å². The van der Waals surface area contributed by atoms with Gasteiger partial charge in [-0.05, 0) is 49.8 Å². The van der Waals surface area contributed by atoms with Gasteiger partial charge >= 0.3 is 0 Å². The first-order valence-electron chi connectivity index (χ1n) is 11.5. The molecule has 2 aliphatic rings. The van der Waals surface area contributed by atoms with Crippen molar-refractivity contribution in [3.63, 3.8) is 0 Å². The summed E-state index contributed by atoms with van der Waals surface area (Å²) in [6.45, 7) is 6.07. The fourth-order valence-corrected chi connectivity index (χ4v) is 4.12. The Hall–Kier alpha value is -2.37. The van der Waals surface area contributed by atoms with Gasteiger partial charge in [-0.15, -0.1) is 0 Å². The summed E-state index contributed by atoms with van der Waals surface area (Å²) in [6.07, 6.45) is 7.10. The van der Waals surface area contributed by atoms with Crippen molar-refractivity contribution in [2.24, 2.45) is 17.8 Å². The van der Waals surface area contributed by atoms with Crippen molar-refractivity contribution in [2.45, 2.75) is 58.8 Å². The minimum absolute atomic E-state index is 0.0285. The van der Waals surface area contributed by atoms with Gasteiger partial charge in [0.25, 0.3) is 5.91 Å². The van der Waals surface area contributed by atoms with E-state index in [4.69, 9.17) is 0 Å². The summed E-state index contributed by atoms with van der Waals surface area (Å²) < 4.78 is 0. The third kappa shape index (κ3) is 6.07. The highest BCUT2D eigenvalue weighted by Crippen LogP contribution is 2.38. The van der Waals surface area contributed by atoms with E-state index in [1.165, 1.54) is 12.8 Å². The molecule has 0 bridgehead atoms. The first-order chi connectivity index (χ1) is 14.5. The zero-order valence-corrected chi connectivity index (χ0v) is 18.3. The molecule has 1 saturated heterocycles. The minimum atomic E-state index is -0.145. The fraction of sp³-hybridized carbons (Fsp3) is 0.625. The molecule has 3 amide bonds. The maximum absolute atomic E-state index is 13.0. The fourth-order valence-electron chi connectivity index (χ4n) is 4.12. The topological polar surface area (TPSA) is 78.5 Å². The lowest BCUT2D eigenvalue weighted by Gasteiger charge is -2.32. The van der Waals surface area contributed by atoms with Crippen LogP contribution in [0.3, 0.4) is 0 Å². The lowest BCUT2D eigenvalue weighted by atomic mass is 9.96. The van der Waals surface area contributed by atoms with Crippen LogP contribution in [0, 0.1) is 17.8 Å². The molecule has 0 aromatic heterocycles. The van der Waals surface area contributed by atoms with Crippen molar-refractivity contribution in [2.75, 3.05) is 25.0 Å². The second-order valence-electron chi connectivity index (χ2n) is 8.83. The molecule has 1 aromatic rings. The molecule has 2 fully saturated rings. The SMILES string of the molecule is CCCCCCNC(=O)C1CCCN(C(=O)c2cccc(NC(=O)C3CC3C)c2)C1. The van der Waals surface area contributed by atoms with E-state index in [1.54, 1.807) is 23.1 Å². The summed E-state index contributed by atoms with van der Waals surface area (Å²) in [5, 5.41) is 5.96. The maximum Gasteiger partial charge on any atom is 0.253 e. The van der Waals surface area contributed by atoms with Crippen LogP contribution < -0.4 is 10.6 Å². The number of hydrogen-bond acceptors (Lipinski definition) is 3. The van der Waals surface area contributed by atoms with Gasteiger partial charge in [-0.1, -0.05) is 39.2 Å². The van der Waals surface area contributed by atoms with Gasteiger partial charge in [0.1, 0.15) is 0 Å². The second-order valence-corrected chi connectivity index (χ2v) is 8.83. The number of nitrogens with zero attached hydrogens (tertiary/aromatic N) is 1. The smallest absolute Gasteiger partial charge is 0.253 e. The molecule has 1 aromatic carbocycles. The number of unbranched alkanes of at least 4 members (excludes halogenated alkanes) is 3. The Morgan fingerprint density at radius 2 is 1.93 bits per heavy atom. The molecule has 1 heterocycles. The molecule has 6 nitrogen and oxygen atoms in total. The lowest BCUT2D eigenvalue weighted by molar-refractivity contribution is -0.126. The Morgan fingerprint density at radius 3 is 2.67 bits per heavy atom. The van der Waals surface area contributed by atoms with E-state index in [0.29, 0.717) is 36.8 Å². The highest BCUT2D eigenvalue weighted by molar-refractivity contribution is 5.98. The minimum Gasteiger partial charge on any atom is -0.356 e. The molecule has 30 heavy (non-hydrogen) atoms. The second kappa shape index (κ2) is 10.6. The Balaban J connectivity index is 1.52. The molecule has 1 saturated carbocycles. The van der Waals surface area contributed by atoms with Gasteiger partial charge in [-0.3, -0.25) is 14.4 Å². The average Bonchev–Trinajstić information content (AvgIpc) is 3.50. The number of carbonyl (C=O) groups is 3. The normalized spacial score (nSPS) is 23.0. The van der Waals surface area contributed by atoms with Crippen molar-refractivity contribution >= 4 is 23.4 Å². The molecule has 2 N–H and O–H groups in total. The van der Waals surface area contributed by atoms with Crippen molar-refractivity contribution in [3.8, 4) is 0 Å². The Bertz CT molecular complexity index is 764. The van der Waals surface area contributed by atoms with Gasteiger partial charge in [-0.2, -0.15) is 0 Å². The predicted molar refractivity (Wildman–Crippen MR) is 118 cm³/mol. The van der Waals surface area contributed by atoms with Crippen molar-refractivity contribution in [1.82, 2.24) is 10.2 Å². The molecule has 1 aliphatic heterocycles. The predicted octanol–water partition coefficient (Wildman–Crippen LogP) is 3.83. The van der Waals surface area contributed by atoms with Crippen LogP contribution in [0.25, 0.3) is 0 Å². The van der Waals surface area contributed by atoms with E-state index in [9.17, 15) is 14.4 Å². The molecule has 164 valence electrons. The highest BCUT2D eigenvalue weighted by atomic mass is 16.2. The highest BCUT2D eigenvalue weighted by Gasteiger charge is 2.39. The summed E-state index contributed by atoms with van der Waals surface area (Å²) >= 11 is 0. The van der Waals surface area contributed by atoms with Gasteiger partial charge in [0, 0.05) is 36.8 Å². The molecular weight excluding hydrogens is 378 g/mol. The average molecular weight is 414 g/mol. The van der Waals surface area contributed by atoms with Crippen LogP contribution in [-0.2, 0) is 9.59 Å². The van der Waals surface area contributed by atoms with Crippen molar-refractivity contribution in [3.05, 3.63) is 29.8 Å². The lowest BCUT2D eigenvalue weighted by Crippen LogP contribution is -2.45. The number of carbonyl (C=O) groups excluding carboxylic acids is 3. The van der Waals surface area contributed by atoms with E-state index in [-0.39, 0.29) is 29.6 Å². The number of benzene rings is 1. The largest absolute Gasteiger partial charge is 0.356 e. The summed E-state index contributed by atoms with van der Waals surface area (Å²) in [5.74, 6) is 0.398. The van der Waals surface area contributed by atoms with Crippen LogP contribution in [0.5, 0.6) is 0 Å². The number of amides is 3. The molecule has 6 heteroatoms. The van der Waals surface area contributed by atoms with Crippen LogP contribution in [0.15, 0.2) is 24.3 Å². The first-order valence-corrected chi connectivity index (χ1v) is 11.5. The van der Waals surface area contributed by atoms with E-state index in [2.05, 4.69) is 24.5 Å². The van der Waals surface area contributed by atoms with E-state index < -0.39 is 0 Å². The summed E-state index contributed by atoms with van der Waals surface area (Å²) in [6, 6.07) is 7.12. The Morgan fingerprint density at radius 1 is 1.13 bits per heavy atom. The first kappa shape index (κ1) is 22.3. The zero-order valence-electron chi connectivity index (χ0n) is 18.3. The molecular formula is C24H35N3O3. The summed E-state index contributed by atoms with van der Waals surface area (Å²) in [4.78, 5) is 39.5. The van der Waals surface area contributed by atoms with Crippen molar-refractivity contribution in [1.29, 1.82) is 0 Å². The maximum atomic E-state index is 13.0. The number of anilines is 1. The molecule has 0 spiro atoms. The molecule has 3 rings (SSSR count). The van der Waals surface area contributed by atoms with E-state index in [1.807, 2.05) is 6.07 Å². The number of nitrogens with one attached hydrogen (secondary N) is 2.